The number of carbonyl (C=O) groups is 1. The van der Waals surface area contributed by atoms with Crippen LogP contribution in [0.15, 0.2) is 18.2 Å². The molecule has 21 heavy (non-hydrogen) atoms. The van der Waals surface area contributed by atoms with Crippen molar-refractivity contribution in [3.8, 4) is 0 Å². The monoisotopic (exact) mass is 289 g/mol. The third kappa shape index (κ3) is 4.05. The Labute approximate surface area is 128 Å². The number of likely N-dealkylation sites (N-methyl/N-ethyl adjacent to an activating group) is 1. The van der Waals surface area contributed by atoms with Crippen LogP contribution in [0.2, 0.25) is 0 Å². The number of amides is 1. The fourth-order valence-electron chi connectivity index (χ4n) is 2.90. The standard InChI is InChI=1S/C17H27N3O/c1-13-5-6-16(14(2)11-13)15(3)19(4)12-17(21)20-9-7-18-8-10-20/h5-6,11,15,18H,7-10,12H2,1-4H3. The van der Waals surface area contributed by atoms with E-state index in [9.17, 15) is 4.79 Å². The molecule has 2 rings (SSSR count). The highest BCUT2D eigenvalue weighted by atomic mass is 16.2. The Bertz CT molecular complexity index is 495. The van der Waals surface area contributed by atoms with Gasteiger partial charge in [-0.05, 0) is 38.9 Å². The lowest BCUT2D eigenvalue weighted by Crippen LogP contribution is -2.49. The highest BCUT2D eigenvalue weighted by Gasteiger charge is 2.21. The fourth-order valence-corrected chi connectivity index (χ4v) is 2.90. The second kappa shape index (κ2) is 7.05. The minimum atomic E-state index is 0.232. The number of nitrogens with one attached hydrogen (secondary N) is 1. The van der Waals surface area contributed by atoms with Crippen LogP contribution in [0, 0.1) is 13.8 Å². The van der Waals surface area contributed by atoms with Gasteiger partial charge in [-0.15, -0.1) is 0 Å². The molecule has 0 aromatic heterocycles. The Hall–Kier alpha value is -1.39. The zero-order chi connectivity index (χ0) is 15.4. The molecule has 0 bridgehead atoms. The van der Waals surface area contributed by atoms with Crippen molar-refractivity contribution < 1.29 is 4.79 Å². The van der Waals surface area contributed by atoms with Gasteiger partial charge in [-0.1, -0.05) is 23.8 Å². The normalized spacial score (nSPS) is 17.1. The molecule has 1 heterocycles. The molecule has 1 amide bonds. The summed E-state index contributed by atoms with van der Waals surface area (Å²) in [5.74, 6) is 0.232. The zero-order valence-electron chi connectivity index (χ0n) is 13.6. The van der Waals surface area contributed by atoms with Crippen LogP contribution in [0.25, 0.3) is 0 Å². The molecule has 4 heteroatoms. The maximum absolute atomic E-state index is 12.3. The Morgan fingerprint density at radius 3 is 2.62 bits per heavy atom. The van der Waals surface area contributed by atoms with E-state index in [1.165, 1.54) is 16.7 Å². The largest absolute Gasteiger partial charge is 0.339 e. The van der Waals surface area contributed by atoms with Crippen LogP contribution >= 0.6 is 0 Å². The molecule has 1 aromatic rings. The molecule has 0 radical (unpaired) electrons. The second-order valence-electron chi connectivity index (χ2n) is 6.08. The number of rotatable bonds is 4. The molecule has 0 aliphatic carbocycles. The predicted octanol–water partition coefficient (Wildman–Crippen LogP) is 1.73. The average molecular weight is 289 g/mol. The summed E-state index contributed by atoms with van der Waals surface area (Å²) in [6, 6.07) is 6.78. The van der Waals surface area contributed by atoms with Crippen LogP contribution in [0.4, 0.5) is 0 Å². The van der Waals surface area contributed by atoms with Crippen molar-refractivity contribution in [2.75, 3.05) is 39.8 Å². The first-order chi connectivity index (χ1) is 9.99. The van der Waals surface area contributed by atoms with Gasteiger partial charge >= 0.3 is 0 Å². The van der Waals surface area contributed by atoms with E-state index in [1.54, 1.807) is 0 Å². The molecule has 1 fully saturated rings. The first-order valence-electron chi connectivity index (χ1n) is 7.75. The minimum Gasteiger partial charge on any atom is -0.339 e. The number of benzene rings is 1. The first-order valence-corrected chi connectivity index (χ1v) is 7.75. The minimum absolute atomic E-state index is 0.232. The lowest BCUT2D eigenvalue weighted by atomic mass is 9.99. The summed E-state index contributed by atoms with van der Waals surface area (Å²) < 4.78 is 0. The number of hydrogen-bond donors (Lipinski definition) is 1. The average Bonchev–Trinajstić information content (AvgIpc) is 2.47. The van der Waals surface area contributed by atoms with Crippen LogP contribution in [0.5, 0.6) is 0 Å². The van der Waals surface area contributed by atoms with Gasteiger partial charge in [0.15, 0.2) is 0 Å². The molecule has 1 saturated heterocycles. The summed E-state index contributed by atoms with van der Waals surface area (Å²) >= 11 is 0. The summed E-state index contributed by atoms with van der Waals surface area (Å²) in [6.07, 6.45) is 0. The van der Waals surface area contributed by atoms with Crippen LogP contribution in [-0.4, -0.2) is 55.5 Å². The van der Waals surface area contributed by atoms with Crippen molar-refractivity contribution in [3.05, 3.63) is 34.9 Å². The van der Waals surface area contributed by atoms with E-state index in [-0.39, 0.29) is 11.9 Å². The van der Waals surface area contributed by atoms with Crippen molar-refractivity contribution in [1.29, 1.82) is 0 Å². The van der Waals surface area contributed by atoms with Crippen LogP contribution in [0.1, 0.15) is 29.7 Å². The van der Waals surface area contributed by atoms with Gasteiger partial charge in [-0.3, -0.25) is 9.69 Å². The van der Waals surface area contributed by atoms with E-state index in [2.05, 4.69) is 49.2 Å². The number of hydrogen-bond acceptors (Lipinski definition) is 3. The van der Waals surface area contributed by atoms with Gasteiger partial charge < -0.3 is 10.2 Å². The summed E-state index contributed by atoms with van der Waals surface area (Å²) in [4.78, 5) is 16.4. The molecule has 1 N–H and O–H groups in total. The van der Waals surface area contributed by atoms with Crippen molar-refractivity contribution in [2.45, 2.75) is 26.8 Å². The molecular formula is C17H27N3O. The van der Waals surface area contributed by atoms with Crippen molar-refractivity contribution >= 4 is 5.91 Å². The second-order valence-corrected chi connectivity index (χ2v) is 6.08. The quantitative estimate of drug-likeness (QED) is 0.917. The van der Waals surface area contributed by atoms with E-state index in [4.69, 9.17) is 0 Å². The van der Waals surface area contributed by atoms with E-state index in [0.29, 0.717) is 6.54 Å². The molecule has 1 aliphatic heterocycles. The maximum Gasteiger partial charge on any atom is 0.236 e. The van der Waals surface area contributed by atoms with Gasteiger partial charge in [0.05, 0.1) is 6.54 Å². The molecule has 1 aromatic carbocycles. The molecule has 0 saturated carbocycles. The number of aryl methyl sites for hydroxylation is 2. The van der Waals surface area contributed by atoms with Gasteiger partial charge in [-0.2, -0.15) is 0 Å². The summed E-state index contributed by atoms with van der Waals surface area (Å²) in [5, 5.41) is 3.28. The van der Waals surface area contributed by atoms with Crippen LogP contribution in [0.3, 0.4) is 0 Å². The predicted molar refractivity (Wildman–Crippen MR) is 86.4 cm³/mol. The van der Waals surface area contributed by atoms with Crippen molar-refractivity contribution in [3.63, 3.8) is 0 Å². The Balaban J connectivity index is 1.98. The molecule has 1 atom stereocenters. The highest BCUT2D eigenvalue weighted by Crippen LogP contribution is 2.23. The SMILES string of the molecule is Cc1ccc(C(C)N(C)CC(=O)N2CCNCC2)c(C)c1. The topological polar surface area (TPSA) is 35.6 Å². The maximum atomic E-state index is 12.3. The molecule has 0 spiro atoms. The van der Waals surface area contributed by atoms with Gasteiger partial charge in [0.25, 0.3) is 0 Å². The van der Waals surface area contributed by atoms with E-state index >= 15 is 0 Å². The summed E-state index contributed by atoms with van der Waals surface area (Å²) in [5.41, 5.74) is 3.88. The summed E-state index contributed by atoms with van der Waals surface area (Å²) in [7, 11) is 2.03. The lowest BCUT2D eigenvalue weighted by Gasteiger charge is -2.31. The Kier molecular flexibility index (Phi) is 5.37. The van der Waals surface area contributed by atoms with Gasteiger partial charge in [-0.25, -0.2) is 0 Å². The smallest absolute Gasteiger partial charge is 0.236 e. The zero-order valence-corrected chi connectivity index (χ0v) is 13.6. The molecule has 4 nitrogen and oxygen atoms in total. The van der Waals surface area contributed by atoms with Crippen molar-refractivity contribution in [2.24, 2.45) is 0 Å². The van der Waals surface area contributed by atoms with Gasteiger partial charge in [0.1, 0.15) is 0 Å². The van der Waals surface area contributed by atoms with Crippen LogP contribution in [-0.2, 0) is 4.79 Å². The molecule has 1 unspecified atom stereocenters. The molecule has 1 aliphatic rings. The van der Waals surface area contributed by atoms with E-state index < -0.39 is 0 Å². The van der Waals surface area contributed by atoms with Crippen LogP contribution < -0.4 is 5.32 Å². The third-order valence-electron chi connectivity index (χ3n) is 4.39. The van der Waals surface area contributed by atoms with E-state index in [1.807, 2.05) is 11.9 Å². The van der Waals surface area contributed by atoms with Crippen molar-refractivity contribution in [1.82, 2.24) is 15.1 Å². The molecular weight excluding hydrogens is 262 g/mol. The number of carbonyl (C=O) groups excluding carboxylic acids is 1. The Morgan fingerprint density at radius 1 is 1.33 bits per heavy atom. The lowest BCUT2D eigenvalue weighted by molar-refractivity contribution is -0.133. The molecule has 116 valence electrons. The Morgan fingerprint density at radius 2 is 2.00 bits per heavy atom. The van der Waals surface area contributed by atoms with E-state index in [0.717, 1.165) is 26.2 Å². The fraction of sp³-hybridized carbons (Fsp3) is 0.588. The van der Waals surface area contributed by atoms with Gasteiger partial charge in [0, 0.05) is 32.2 Å². The summed E-state index contributed by atoms with van der Waals surface area (Å²) in [6.45, 7) is 10.4. The third-order valence-corrected chi connectivity index (χ3v) is 4.39. The van der Waals surface area contributed by atoms with Gasteiger partial charge in [0.2, 0.25) is 5.91 Å². The number of piperazine rings is 1. The highest BCUT2D eigenvalue weighted by molar-refractivity contribution is 5.78. The first kappa shape index (κ1) is 16.0. The number of nitrogens with zero attached hydrogens (tertiary/aromatic N) is 2.